The fourth-order valence-electron chi connectivity index (χ4n) is 0.653. The predicted molar refractivity (Wildman–Crippen MR) is 41.2 cm³/mol. The smallest absolute Gasteiger partial charge is 0.283 e. The van der Waals surface area contributed by atoms with Crippen LogP contribution >= 0.6 is 7.82 Å². The third kappa shape index (κ3) is 2.93. The Kier molecular flexibility index (Phi) is 3.22. The van der Waals surface area contributed by atoms with Gasteiger partial charge in [-0.3, -0.25) is 13.9 Å². The highest BCUT2D eigenvalue weighted by molar-refractivity contribution is 7.49. The topological polar surface area (TPSA) is 71.1 Å². The Morgan fingerprint density at radius 2 is 2.15 bits per heavy atom. The molecule has 1 fully saturated rings. The molecular formula is C6H9O6P. The molecule has 0 aliphatic carbocycles. The molecule has 1 aliphatic rings. The first kappa shape index (κ1) is 10.4. The van der Waals surface area contributed by atoms with Crippen LogP contribution in [0.5, 0.6) is 0 Å². The van der Waals surface area contributed by atoms with Crippen LogP contribution in [0.15, 0.2) is 12.2 Å². The van der Waals surface area contributed by atoms with Crippen molar-refractivity contribution < 1.29 is 28.0 Å². The Hall–Kier alpha value is -0.680. The van der Waals surface area contributed by atoms with Crippen molar-refractivity contribution in [2.24, 2.45) is 0 Å². The third-order valence-corrected chi connectivity index (χ3v) is 2.44. The van der Waals surface area contributed by atoms with Crippen LogP contribution in [0.1, 0.15) is 13.8 Å². The average molecular weight is 208 g/mol. The SMILES string of the molecule is CC=CC(=O)OOP1(=O)OC(C)O1. The Morgan fingerprint density at radius 3 is 2.62 bits per heavy atom. The largest absolute Gasteiger partial charge is 0.515 e. The highest BCUT2D eigenvalue weighted by Crippen LogP contribution is 2.60. The molecule has 74 valence electrons. The maximum absolute atomic E-state index is 11.0. The molecule has 0 amide bonds. The van der Waals surface area contributed by atoms with Crippen LogP contribution < -0.4 is 0 Å². The molecule has 1 heterocycles. The van der Waals surface area contributed by atoms with Gasteiger partial charge in [-0.25, -0.2) is 9.36 Å². The van der Waals surface area contributed by atoms with Crippen LogP contribution in [-0.4, -0.2) is 12.3 Å². The Morgan fingerprint density at radius 1 is 1.54 bits per heavy atom. The second kappa shape index (κ2) is 4.02. The van der Waals surface area contributed by atoms with Crippen molar-refractivity contribution in [1.29, 1.82) is 0 Å². The van der Waals surface area contributed by atoms with E-state index in [0.29, 0.717) is 0 Å². The summed E-state index contributed by atoms with van der Waals surface area (Å²) in [5.41, 5.74) is 0. The molecule has 13 heavy (non-hydrogen) atoms. The standard InChI is InChI=1S/C6H9O6P/c1-3-4-6(7)9-12-13(8)10-5(2)11-13/h3-5H,1-2H3. The number of allylic oxidation sites excluding steroid dienone is 1. The van der Waals surface area contributed by atoms with Crippen molar-refractivity contribution in [3.8, 4) is 0 Å². The first-order valence-electron chi connectivity index (χ1n) is 3.55. The first-order valence-corrected chi connectivity index (χ1v) is 5.01. The Balaban J connectivity index is 2.27. The second-order valence-electron chi connectivity index (χ2n) is 2.20. The number of carbonyl (C=O) groups is 1. The molecule has 0 atom stereocenters. The zero-order valence-corrected chi connectivity index (χ0v) is 8.02. The van der Waals surface area contributed by atoms with E-state index < -0.39 is 20.1 Å². The maximum atomic E-state index is 11.0. The van der Waals surface area contributed by atoms with Gasteiger partial charge in [0.15, 0.2) is 6.29 Å². The van der Waals surface area contributed by atoms with Gasteiger partial charge in [-0.15, -0.1) is 0 Å². The molecule has 0 aromatic heterocycles. The molecular weight excluding hydrogens is 199 g/mol. The summed E-state index contributed by atoms with van der Waals surface area (Å²) in [5, 5.41) is 0. The molecule has 0 N–H and O–H groups in total. The van der Waals surface area contributed by atoms with Gasteiger partial charge in [-0.05, 0) is 13.8 Å². The van der Waals surface area contributed by atoms with Gasteiger partial charge in [0.05, 0.1) is 0 Å². The Bertz CT molecular complexity index is 262. The van der Waals surface area contributed by atoms with E-state index in [2.05, 4.69) is 18.6 Å². The van der Waals surface area contributed by atoms with E-state index in [1.165, 1.54) is 13.0 Å². The van der Waals surface area contributed by atoms with Crippen molar-refractivity contribution in [2.45, 2.75) is 20.1 Å². The van der Waals surface area contributed by atoms with Crippen LogP contribution in [0, 0.1) is 0 Å². The number of phosphoric acid groups is 1. The molecule has 0 aromatic carbocycles. The summed E-state index contributed by atoms with van der Waals surface area (Å²) in [4.78, 5) is 14.7. The number of hydrogen-bond acceptors (Lipinski definition) is 6. The van der Waals surface area contributed by atoms with Crippen LogP contribution in [0.25, 0.3) is 0 Å². The summed E-state index contributed by atoms with van der Waals surface area (Å²) >= 11 is 0. The van der Waals surface area contributed by atoms with Crippen LogP contribution in [-0.2, 0) is 28.0 Å². The van der Waals surface area contributed by atoms with Crippen LogP contribution in [0.4, 0.5) is 0 Å². The zero-order chi connectivity index (χ0) is 9.90. The van der Waals surface area contributed by atoms with E-state index in [1.807, 2.05) is 0 Å². The summed E-state index contributed by atoms with van der Waals surface area (Å²) < 4.78 is 24.3. The van der Waals surface area contributed by atoms with Gasteiger partial charge in [0.25, 0.3) is 0 Å². The molecule has 0 unspecified atom stereocenters. The molecule has 7 heteroatoms. The first-order chi connectivity index (χ1) is 6.06. The minimum Gasteiger partial charge on any atom is -0.283 e. The molecule has 0 spiro atoms. The van der Waals surface area contributed by atoms with E-state index in [1.54, 1.807) is 6.92 Å². The van der Waals surface area contributed by atoms with E-state index in [0.717, 1.165) is 6.08 Å². The van der Waals surface area contributed by atoms with E-state index >= 15 is 0 Å². The van der Waals surface area contributed by atoms with Crippen molar-refractivity contribution in [2.75, 3.05) is 0 Å². The van der Waals surface area contributed by atoms with Crippen molar-refractivity contribution in [3.05, 3.63) is 12.2 Å². The maximum Gasteiger partial charge on any atom is 0.515 e. The summed E-state index contributed by atoms with van der Waals surface area (Å²) in [6, 6.07) is 0. The van der Waals surface area contributed by atoms with Crippen molar-refractivity contribution >= 4 is 13.8 Å². The zero-order valence-electron chi connectivity index (χ0n) is 7.13. The predicted octanol–water partition coefficient (Wildman–Crippen LogP) is 1.54. The van der Waals surface area contributed by atoms with Gasteiger partial charge in [-0.1, -0.05) is 10.8 Å². The van der Waals surface area contributed by atoms with Crippen molar-refractivity contribution in [1.82, 2.24) is 0 Å². The molecule has 0 bridgehead atoms. The van der Waals surface area contributed by atoms with Gasteiger partial charge < -0.3 is 0 Å². The number of phosphoric ester groups is 1. The molecule has 0 saturated carbocycles. The monoisotopic (exact) mass is 208 g/mol. The molecule has 1 saturated heterocycles. The van der Waals surface area contributed by atoms with Gasteiger partial charge in [0.2, 0.25) is 0 Å². The average Bonchev–Trinajstić information content (AvgIpc) is 1.99. The number of rotatable bonds is 3. The summed E-state index contributed by atoms with van der Waals surface area (Å²) in [6.07, 6.45) is 1.97. The lowest BCUT2D eigenvalue weighted by molar-refractivity contribution is -0.246. The molecule has 1 rings (SSSR count). The fourth-order valence-corrected chi connectivity index (χ4v) is 1.63. The normalized spacial score (nSPS) is 32.9. The van der Waals surface area contributed by atoms with Crippen LogP contribution in [0.2, 0.25) is 0 Å². The van der Waals surface area contributed by atoms with E-state index in [9.17, 15) is 9.36 Å². The fraction of sp³-hybridized carbons (Fsp3) is 0.500. The van der Waals surface area contributed by atoms with E-state index in [4.69, 9.17) is 0 Å². The lowest BCUT2D eigenvalue weighted by atomic mass is 10.5. The van der Waals surface area contributed by atoms with E-state index in [-0.39, 0.29) is 0 Å². The summed E-state index contributed by atoms with van der Waals surface area (Å²) in [6.45, 7) is 3.16. The second-order valence-corrected chi connectivity index (χ2v) is 3.67. The molecule has 6 nitrogen and oxygen atoms in total. The molecule has 0 aromatic rings. The molecule has 1 aliphatic heterocycles. The van der Waals surface area contributed by atoms with Crippen LogP contribution in [0.3, 0.4) is 0 Å². The van der Waals surface area contributed by atoms with Crippen molar-refractivity contribution in [3.63, 3.8) is 0 Å². The lowest BCUT2D eigenvalue weighted by Crippen LogP contribution is -2.23. The molecule has 0 radical (unpaired) electrons. The quantitative estimate of drug-likeness (QED) is 0.303. The minimum absolute atomic E-state index is 0.591. The van der Waals surface area contributed by atoms with Gasteiger partial charge in [-0.2, -0.15) is 0 Å². The highest BCUT2D eigenvalue weighted by atomic mass is 31.2. The van der Waals surface area contributed by atoms with Gasteiger partial charge in [0.1, 0.15) is 0 Å². The number of carbonyl (C=O) groups excluding carboxylic acids is 1. The highest BCUT2D eigenvalue weighted by Gasteiger charge is 2.44. The third-order valence-electron chi connectivity index (χ3n) is 1.07. The number of hydrogen-bond donors (Lipinski definition) is 0. The minimum atomic E-state index is -3.60. The van der Waals surface area contributed by atoms with Gasteiger partial charge >= 0.3 is 13.8 Å². The lowest BCUT2D eigenvalue weighted by Gasteiger charge is -2.29. The Labute approximate surface area is 75.0 Å². The van der Waals surface area contributed by atoms with Gasteiger partial charge in [0, 0.05) is 6.08 Å². The summed E-state index contributed by atoms with van der Waals surface area (Å²) in [5.74, 6) is -0.774. The summed E-state index contributed by atoms with van der Waals surface area (Å²) in [7, 11) is -3.60.